The minimum atomic E-state index is -4.50. The van der Waals surface area contributed by atoms with Crippen molar-refractivity contribution < 1.29 is 8.42 Å². The van der Waals surface area contributed by atoms with Crippen molar-refractivity contribution in [3.8, 4) is 0 Å². The third kappa shape index (κ3) is 5.22. The Bertz CT molecular complexity index is 986. The Hall–Kier alpha value is 0.190. The van der Waals surface area contributed by atoms with E-state index in [-0.39, 0.29) is 31.2 Å². The van der Waals surface area contributed by atoms with Crippen LogP contribution < -0.4 is 0 Å². The zero-order valence-electron chi connectivity index (χ0n) is 12.7. The van der Waals surface area contributed by atoms with Crippen molar-refractivity contribution in [2.75, 3.05) is 0 Å². The minimum Gasteiger partial charge on any atom is -0.218 e. The summed E-state index contributed by atoms with van der Waals surface area (Å²) in [7, 11) is -4.50. The van der Waals surface area contributed by atoms with Gasteiger partial charge in [0.25, 0.3) is 0 Å². The minimum absolute atomic E-state index is 0.0330. The lowest BCUT2D eigenvalue weighted by molar-refractivity contribution is 0.615. The Kier molecular flexibility index (Phi) is 8.12. The molecule has 0 spiro atoms. The molecule has 27 heavy (non-hydrogen) atoms. The van der Waals surface area contributed by atoms with E-state index in [2.05, 4.69) is 0 Å². The summed E-state index contributed by atoms with van der Waals surface area (Å²) < 4.78 is 25.6. The van der Waals surface area contributed by atoms with Gasteiger partial charge in [-0.2, -0.15) is 0 Å². The molecule has 0 aliphatic heterocycles. The standard InChI is InChI=1S/C16H6Cl8O2S/c17-7-1-3-11(19)9(5-7)13(15(21)22)27(25,26)14(16(23)24)10-6-8(18)2-4-12(10)20/h1-6H. The molecule has 0 atom stereocenters. The molecule has 0 bridgehead atoms. The lowest BCUT2D eigenvalue weighted by Crippen LogP contribution is -2.09. The Morgan fingerprint density at radius 2 is 0.963 bits per heavy atom. The van der Waals surface area contributed by atoms with Crippen LogP contribution in [0.4, 0.5) is 0 Å². The molecule has 2 nitrogen and oxygen atoms in total. The summed E-state index contributed by atoms with van der Waals surface area (Å²) in [5.41, 5.74) is -0.0659. The van der Waals surface area contributed by atoms with E-state index in [1.807, 2.05) is 0 Å². The highest BCUT2D eigenvalue weighted by Gasteiger charge is 2.33. The fraction of sp³-hybridized carbons (Fsp3) is 0. The number of hydrogen-bond donors (Lipinski definition) is 0. The molecule has 144 valence electrons. The molecule has 0 saturated heterocycles. The van der Waals surface area contributed by atoms with Gasteiger partial charge in [-0.25, -0.2) is 8.42 Å². The maximum atomic E-state index is 13.4. The lowest BCUT2D eigenvalue weighted by atomic mass is 10.2. The number of sulfone groups is 1. The van der Waals surface area contributed by atoms with E-state index in [0.29, 0.717) is 0 Å². The Morgan fingerprint density at radius 1 is 0.630 bits per heavy atom. The Balaban J connectivity index is 2.87. The van der Waals surface area contributed by atoms with Crippen LogP contribution in [0.2, 0.25) is 20.1 Å². The zero-order chi connectivity index (χ0) is 20.5. The molecule has 0 unspecified atom stereocenters. The van der Waals surface area contributed by atoms with E-state index < -0.39 is 28.6 Å². The van der Waals surface area contributed by atoms with Crippen molar-refractivity contribution in [2.24, 2.45) is 0 Å². The number of rotatable bonds is 4. The molecule has 0 N–H and O–H groups in total. The van der Waals surface area contributed by atoms with Gasteiger partial charge in [-0.1, -0.05) is 92.8 Å². The molecule has 2 aromatic carbocycles. The van der Waals surface area contributed by atoms with Crippen molar-refractivity contribution in [3.05, 3.63) is 76.6 Å². The van der Waals surface area contributed by atoms with E-state index in [9.17, 15) is 8.42 Å². The summed E-state index contributed by atoms with van der Waals surface area (Å²) in [6.45, 7) is 0. The molecule has 0 amide bonds. The van der Waals surface area contributed by atoms with Gasteiger partial charge in [0.2, 0.25) is 9.84 Å². The predicted octanol–water partition coefficient (Wildman–Crippen LogP) is 8.62. The summed E-state index contributed by atoms with van der Waals surface area (Å²) >= 11 is 47.7. The first kappa shape index (κ1) is 23.5. The molecular weight excluding hydrogens is 540 g/mol. The summed E-state index contributed by atoms with van der Waals surface area (Å²) in [6, 6.07) is 8.31. The second kappa shape index (κ2) is 9.34. The smallest absolute Gasteiger partial charge is 0.212 e. The molecule has 0 aliphatic rings. The monoisotopic (exact) mass is 542 g/mol. The first-order valence-corrected chi connectivity index (χ1v) is 11.2. The van der Waals surface area contributed by atoms with Gasteiger partial charge in [-0.3, -0.25) is 0 Å². The zero-order valence-corrected chi connectivity index (χ0v) is 19.6. The van der Waals surface area contributed by atoms with Crippen LogP contribution in [-0.4, -0.2) is 8.42 Å². The van der Waals surface area contributed by atoms with Crippen LogP contribution in [0.3, 0.4) is 0 Å². The van der Waals surface area contributed by atoms with Crippen LogP contribution in [0.25, 0.3) is 9.81 Å². The second-order valence-electron chi connectivity index (χ2n) is 4.93. The van der Waals surface area contributed by atoms with Gasteiger partial charge in [-0.05, 0) is 36.4 Å². The summed E-state index contributed by atoms with van der Waals surface area (Å²) in [5, 5.41) is 0.498. The van der Waals surface area contributed by atoms with E-state index in [0.717, 1.165) is 0 Å². The molecule has 0 aliphatic carbocycles. The van der Waals surface area contributed by atoms with Gasteiger partial charge >= 0.3 is 0 Å². The molecule has 0 radical (unpaired) electrons. The third-order valence-corrected chi connectivity index (χ3v) is 7.48. The molecule has 0 aromatic heterocycles. The highest BCUT2D eigenvalue weighted by molar-refractivity contribution is 8.09. The molecule has 11 heteroatoms. The Labute approximate surface area is 196 Å². The molecule has 2 rings (SSSR count). The van der Waals surface area contributed by atoms with Crippen molar-refractivity contribution >= 4 is 112 Å². The molecule has 0 fully saturated rings. The quantitative estimate of drug-likeness (QED) is 0.385. The van der Waals surface area contributed by atoms with E-state index >= 15 is 0 Å². The molecular formula is C16H6Cl8O2S. The van der Waals surface area contributed by atoms with Crippen molar-refractivity contribution in [2.45, 2.75) is 0 Å². The summed E-state index contributed by atoms with van der Waals surface area (Å²) in [6.07, 6.45) is 0. The Morgan fingerprint density at radius 3 is 1.26 bits per heavy atom. The SMILES string of the molecule is O=S(=O)(C(=C(Cl)Cl)c1cc(Cl)ccc1Cl)C(=C(Cl)Cl)c1cc(Cl)ccc1Cl. The maximum absolute atomic E-state index is 13.4. The van der Waals surface area contributed by atoms with Crippen molar-refractivity contribution in [1.29, 1.82) is 0 Å². The van der Waals surface area contributed by atoms with Gasteiger partial charge in [-0.15, -0.1) is 0 Å². The molecule has 2 aromatic rings. The summed E-state index contributed by atoms with van der Waals surface area (Å²) in [4.78, 5) is -1.08. The number of halogens is 8. The van der Waals surface area contributed by atoms with Gasteiger partial charge in [0, 0.05) is 31.2 Å². The van der Waals surface area contributed by atoms with Crippen LogP contribution in [0.1, 0.15) is 11.1 Å². The average molecular weight is 546 g/mol. The van der Waals surface area contributed by atoms with Crippen LogP contribution in [-0.2, 0) is 9.84 Å². The van der Waals surface area contributed by atoms with E-state index in [4.69, 9.17) is 92.8 Å². The first-order chi connectivity index (χ1) is 12.5. The van der Waals surface area contributed by atoms with E-state index in [1.165, 1.54) is 36.4 Å². The van der Waals surface area contributed by atoms with Gasteiger partial charge in [0.05, 0.1) is 0 Å². The maximum Gasteiger partial charge on any atom is 0.212 e. The number of hydrogen-bond acceptors (Lipinski definition) is 2. The van der Waals surface area contributed by atoms with E-state index in [1.54, 1.807) is 0 Å². The summed E-state index contributed by atoms with van der Waals surface area (Å²) in [5.74, 6) is 0. The van der Waals surface area contributed by atoms with Crippen LogP contribution in [0.5, 0.6) is 0 Å². The molecule has 0 heterocycles. The van der Waals surface area contributed by atoms with Crippen molar-refractivity contribution in [1.82, 2.24) is 0 Å². The van der Waals surface area contributed by atoms with Crippen molar-refractivity contribution in [3.63, 3.8) is 0 Å². The normalized spacial score (nSPS) is 11.3. The fourth-order valence-corrected chi connectivity index (χ4v) is 6.17. The van der Waals surface area contributed by atoms with Crippen LogP contribution >= 0.6 is 92.8 Å². The fourth-order valence-electron chi connectivity index (χ4n) is 2.14. The highest BCUT2D eigenvalue weighted by atomic mass is 35.5. The average Bonchev–Trinajstić information content (AvgIpc) is 2.53. The number of benzene rings is 2. The third-order valence-electron chi connectivity index (χ3n) is 3.23. The van der Waals surface area contributed by atoms with Crippen LogP contribution in [0.15, 0.2) is 45.4 Å². The van der Waals surface area contributed by atoms with Gasteiger partial charge in [0.15, 0.2) is 0 Å². The predicted molar refractivity (Wildman–Crippen MR) is 119 cm³/mol. The van der Waals surface area contributed by atoms with Gasteiger partial charge in [0.1, 0.15) is 18.8 Å². The topological polar surface area (TPSA) is 34.1 Å². The lowest BCUT2D eigenvalue weighted by Gasteiger charge is -2.16. The molecule has 0 saturated carbocycles. The largest absolute Gasteiger partial charge is 0.218 e. The second-order valence-corrected chi connectivity index (χ2v) is 10.3. The van der Waals surface area contributed by atoms with Crippen LogP contribution in [0, 0.1) is 0 Å². The highest BCUT2D eigenvalue weighted by Crippen LogP contribution is 2.45. The first-order valence-electron chi connectivity index (χ1n) is 6.73. The van der Waals surface area contributed by atoms with Gasteiger partial charge < -0.3 is 0 Å².